The van der Waals surface area contributed by atoms with Gasteiger partial charge in [0.25, 0.3) is 0 Å². The van der Waals surface area contributed by atoms with Crippen LogP contribution in [0.4, 0.5) is 0 Å². The van der Waals surface area contributed by atoms with Crippen molar-refractivity contribution < 1.29 is 4.74 Å². The molecule has 0 atom stereocenters. The molecule has 2 aliphatic rings. The Hall–Kier alpha value is -0.680. The van der Waals surface area contributed by atoms with E-state index < -0.39 is 0 Å². The van der Waals surface area contributed by atoms with Crippen LogP contribution in [0.1, 0.15) is 18.4 Å². The van der Waals surface area contributed by atoms with Crippen molar-refractivity contribution in [1.82, 2.24) is 9.80 Å². The van der Waals surface area contributed by atoms with Crippen molar-refractivity contribution in [2.45, 2.75) is 18.9 Å². The van der Waals surface area contributed by atoms with Crippen LogP contribution in [0.25, 0.3) is 6.08 Å². The second kappa shape index (κ2) is 8.25. The molecule has 1 aromatic carbocycles. The number of nitrogens with zero attached hydrogens (tertiary/aromatic N) is 2. The molecule has 0 aliphatic carbocycles. The van der Waals surface area contributed by atoms with Gasteiger partial charge in [-0.1, -0.05) is 40.2 Å². The van der Waals surface area contributed by atoms with Gasteiger partial charge in [0.2, 0.25) is 0 Å². The normalized spacial score (nSPS) is 22.4. The molecule has 0 bridgehead atoms. The molecule has 0 aromatic heterocycles. The molecule has 22 heavy (non-hydrogen) atoms. The Morgan fingerprint density at radius 2 is 1.73 bits per heavy atom. The van der Waals surface area contributed by atoms with Crippen LogP contribution in [-0.2, 0) is 4.74 Å². The van der Waals surface area contributed by atoms with Crippen LogP contribution in [0.15, 0.2) is 34.8 Å². The number of ether oxygens (including phenoxy) is 1. The molecule has 2 fully saturated rings. The van der Waals surface area contributed by atoms with E-state index >= 15 is 0 Å². The number of rotatable bonds is 4. The van der Waals surface area contributed by atoms with Gasteiger partial charge < -0.3 is 4.74 Å². The van der Waals surface area contributed by atoms with E-state index in [1.165, 1.54) is 44.6 Å². The highest BCUT2D eigenvalue weighted by Crippen LogP contribution is 2.16. The topological polar surface area (TPSA) is 15.7 Å². The molecular formula is C18H25BrN2O. The van der Waals surface area contributed by atoms with Crippen LogP contribution < -0.4 is 0 Å². The van der Waals surface area contributed by atoms with Gasteiger partial charge in [0.15, 0.2) is 0 Å². The summed E-state index contributed by atoms with van der Waals surface area (Å²) in [4.78, 5) is 5.21. The van der Waals surface area contributed by atoms with Crippen molar-refractivity contribution in [3.05, 3.63) is 40.4 Å². The standard InChI is InChI=1S/C18H25BrN2O/c19-17-5-3-16(4-6-17)2-1-9-20-10-12-21(13-11-20)18-7-14-22-15-8-18/h1-6,18H,7-15H2/b2-1+. The summed E-state index contributed by atoms with van der Waals surface area (Å²) in [7, 11) is 0. The summed E-state index contributed by atoms with van der Waals surface area (Å²) < 4.78 is 6.60. The molecule has 4 heteroatoms. The largest absolute Gasteiger partial charge is 0.381 e. The second-order valence-electron chi connectivity index (χ2n) is 6.13. The molecule has 2 saturated heterocycles. The Labute approximate surface area is 142 Å². The van der Waals surface area contributed by atoms with E-state index in [4.69, 9.17) is 4.74 Å². The van der Waals surface area contributed by atoms with Gasteiger partial charge in [-0.2, -0.15) is 0 Å². The lowest BCUT2D eigenvalue weighted by Crippen LogP contribution is -2.51. The lowest BCUT2D eigenvalue weighted by Gasteiger charge is -2.40. The number of hydrogen-bond donors (Lipinski definition) is 0. The zero-order valence-electron chi connectivity index (χ0n) is 13.1. The van der Waals surface area contributed by atoms with E-state index in [9.17, 15) is 0 Å². The molecule has 0 amide bonds. The van der Waals surface area contributed by atoms with Crippen molar-refractivity contribution in [2.24, 2.45) is 0 Å². The number of piperazine rings is 1. The van der Waals surface area contributed by atoms with E-state index in [1.54, 1.807) is 0 Å². The zero-order valence-corrected chi connectivity index (χ0v) is 14.7. The van der Waals surface area contributed by atoms with Crippen molar-refractivity contribution in [1.29, 1.82) is 0 Å². The fourth-order valence-corrected chi connectivity index (χ4v) is 3.54. The molecule has 0 radical (unpaired) electrons. The maximum Gasteiger partial charge on any atom is 0.0480 e. The van der Waals surface area contributed by atoms with Crippen LogP contribution in [-0.4, -0.2) is 61.8 Å². The van der Waals surface area contributed by atoms with E-state index in [-0.39, 0.29) is 0 Å². The summed E-state index contributed by atoms with van der Waals surface area (Å²) in [6, 6.07) is 9.22. The summed E-state index contributed by atoms with van der Waals surface area (Å²) >= 11 is 3.47. The Morgan fingerprint density at radius 1 is 1.05 bits per heavy atom. The Kier molecular flexibility index (Phi) is 6.07. The monoisotopic (exact) mass is 364 g/mol. The van der Waals surface area contributed by atoms with Crippen LogP contribution in [0.5, 0.6) is 0 Å². The summed E-state index contributed by atoms with van der Waals surface area (Å²) in [5.41, 5.74) is 1.27. The van der Waals surface area contributed by atoms with E-state index in [0.717, 1.165) is 30.3 Å². The first-order valence-electron chi connectivity index (χ1n) is 8.27. The zero-order chi connectivity index (χ0) is 15.2. The summed E-state index contributed by atoms with van der Waals surface area (Å²) in [6.45, 7) is 7.72. The van der Waals surface area contributed by atoms with Crippen LogP contribution in [0.2, 0.25) is 0 Å². The van der Waals surface area contributed by atoms with Crippen molar-refractivity contribution in [2.75, 3.05) is 45.9 Å². The average molecular weight is 365 g/mol. The average Bonchev–Trinajstić information content (AvgIpc) is 2.58. The lowest BCUT2D eigenvalue weighted by atomic mass is 10.1. The molecule has 0 N–H and O–H groups in total. The Bertz CT molecular complexity index is 474. The molecule has 0 saturated carbocycles. The van der Waals surface area contributed by atoms with E-state index in [0.29, 0.717) is 0 Å². The van der Waals surface area contributed by atoms with Gasteiger partial charge in [-0.15, -0.1) is 0 Å². The van der Waals surface area contributed by atoms with Gasteiger partial charge in [0.1, 0.15) is 0 Å². The third-order valence-electron chi connectivity index (χ3n) is 4.66. The molecule has 1 aromatic rings. The predicted molar refractivity (Wildman–Crippen MR) is 95.0 cm³/mol. The van der Waals surface area contributed by atoms with Gasteiger partial charge in [0.05, 0.1) is 0 Å². The number of halogens is 1. The minimum absolute atomic E-state index is 0.759. The highest BCUT2D eigenvalue weighted by molar-refractivity contribution is 9.10. The number of benzene rings is 1. The quantitative estimate of drug-likeness (QED) is 0.815. The van der Waals surface area contributed by atoms with Crippen LogP contribution >= 0.6 is 15.9 Å². The van der Waals surface area contributed by atoms with Gasteiger partial charge in [-0.05, 0) is 30.5 Å². The maximum absolute atomic E-state index is 5.46. The minimum atomic E-state index is 0.759. The predicted octanol–water partition coefficient (Wildman–Crippen LogP) is 3.26. The van der Waals surface area contributed by atoms with Crippen molar-refractivity contribution >= 4 is 22.0 Å². The van der Waals surface area contributed by atoms with Gasteiger partial charge in [-0.25, -0.2) is 0 Å². The first-order valence-corrected chi connectivity index (χ1v) is 9.07. The van der Waals surface area contributed by atoms with Crippen molar-refractivity contribution in [3.8, 4) is 0 Å². The first kappa shape index (κ1) is 16.2. The summed E-state index contributed by atoms with van der Waals surface area (Å²) in [6.07, 6.45) is 6.93. The fraction of sp³-hybridized carbons (Fsp3) is 0.556. The summed E-state index contributed by atoms with van der Waals surface area (Å²) in [5, 5.41) is 0. The minimum Gasteiger partial charge on any atom is -0.381 e. The molecule has 120 valence electrons. The van der Waals surface area contributed by atoms with Crippen molar-refractivity contribution in [3.63, 3.8) is 0 Å². The second-order valence-corrected chi connectivity index (χ2v) is 7.05. The third kappa shape index (κ3) is 4.66. The van der Waals surface area contributed by atoms with Crippen LogP contribution in [0, 0.1) is 0 Å². The SMILES string of the molecule is Brc1ccc(/C=C/CN2CCN(C3CCOCC3)CC2)cc1. The van der Waals surface area contributed by atoms with Gasteiger partial charge in [-0.3, -0.25) is 9.80 Å². The Morgan fingerprint density at radius 3 is 2.41 bits per heavy atom. The Balaban J connectivity index is 1.41. The van der Waals surface area contributed by atoms with Crippen LogP contribution in [0.3, 0.4) is 0 Å². The number of hydrogen-bond acceptors (Lipinski definition) is 3. The van der Waals surface area contributed by atoms with E-state index in [1.807, 2.05) is 0 Å². The maximum atomic E-state index is 5.46. The first-order chi connectivity index (χ1) is 10.8. The molecule has 2 heterocycles. The fourth-order valence-electron chi connectivity index (χ4n) is 3.27. The lowest BCUT2D eigenvalue weighted by molar-refractivity contribution is 0.0155. The van der Waals surface area contributed by atoms with Gasteiger partial charge >= 0.3 is 0 Å². The molecule has 3 nitrogen and oxygen atoms in total. The highest BCUT2D eigenvalue weighted by Gasteiger charge is 2.24. The summed E-state index contributed by atoms with van der Waals surface area (Å²) in [5.74, 6) is 0. The molecule has 2 aliphatic heterocycles. The molecule has 0 spiro atoms. The van der Waals surface area contributed by atoms with Gasteiger partial charge in [0, 0.05) is 56.5 Å². The smallest absolute Gasteiger partial charge is 0.0480 e. The molecule has 0 unspecified atom stereocenters. The highest BCUT2D eigenvalue weighted by atomic mass is 79.9. The molecular weight excluding hydrogens is 340 g/mol. The molecule has 3 rings (SSSR count). The van der Waals surface area contributed by atoms with E-state index in [2.05, 4.69) is 62.1 Å². The third-order valence-corrected chi connectivity index (χ3v) is 5.19.